The van der Waals surface area contributed by atoms with Crippen LogP contribution in [0.5, 0.6) is 0 Å². The number of anilines is 1. The molecule has 0 amide bonds. The molecule has 1 heterocycles. The Kier molecular flexibility index (Phi) is 3.95. The number of sulfonamides is 1. The second-order valence-electron chi connectivity index (χ2n) is 4.98. The van der Waals surface area contributed by atoms with Crippen molar-refractivity contribution in [2.24, 2.45) is 0 Å². The monoisotopic (exact) mass is 267 g/mol. The molecule has 18 heavy (non-hydrogen) atoms. The topological polar surface area (TPSA) is 37.4 Å². The first-order chi connectivity index (χ1) is 8.54. The molecule has 1 aromatic rings. The Bertz CT molecular complexity index is 523. The lowest BCUT2D eigenvalue weighted by Gasteiger charge is -2.30. The highest BCUT2D eigenvalue weighted by Gasteiger charge is 2.26. The normalized spacial score (nSPS) is 15.6. The molecule has 0 spiro atoms. The Hall–Kier alpha value is -1.03. The maximum absolute atomic E-state index is 12.3. The van der Waals surface area contributed by atoms with Gasteiger partial charge in [-0.05, 0) is 37.8 Å². The van der Waals surface area contributed by atoms with Crippen LogP contribution in [0.15, 0.2) is 18.2 Å². The lowest BCUT2D eigenvalue weighted by atomic mass is 10.0. The number of hydrogen-bond acceptors (Lipinski definition) is 2. The van der Waals surface area contributed by atoms with Gasteiger partial charge in [0.1, 0.15) is 0 Å². The average Bonchev–Trinajstić information content (AvgIpc) is 2.35. The molecule has 1 aliphatic heterocycles. The summed E-state index contributed by atoms with van der Waals surface area (Å²) in [5.74, 6) is 0.261. The van der Waals surface area contributed by atoms with Crippen LogP contribution < -0.4 is 4.31 Å². The van der Waals surface area contributed by atoms with Gasteiger partial charge >= 0.3 is 0 Å². The summed E-state index contributed by atoms with van der Waals surface area (Å²) in [6, 6.07) is 6.05. The number of rotatable bonds is 4. The predicted molar refractivity (Wildman–Crippen MR) is 75.5 cm³/mol. The lowest BCUT2D eigenvalue weighted by Crippen LogP contribution is -2.37. The van der Waals surface area contributed by atoms with Gasteiger partial charge in [0.15, 0.2) is 0 Å². The molecule has 100 valence electrons. The molecule has 0 radical (unpaired) electrons. The van der Waals surface area contributed by atoms with E-state index in [0.29, 0.717) is 6.54 Å². The van der Waals surface area contributed by atoms with Gasteiger partial charge in [0.25, 0.3) is 0 Å². The fourth-order valence-electron chi connectivity index (χ4n) is 2.42. The fraction of sp³-hybridized carbons (Fsp3) is 0.571. The first-order valence-corrected chi connectivity index (χ1v) is 8.25. The molecule has 0 bridgehead atoms. The summed E-state index contributed by atoms with van der Waals surface area (Å²) in [6.07, 6.45) is 3.55. The Morgan fingerprint density at radius 1 is 1.33 bits per heavy atom. The van der Waals surface area contributed by atoms with E-state index >= 15 is 0 Å². The summed E-state index contributed by atoms with van der Waals surface area (Å²) >= 11 is 0. The molecule has 3 nitrogen and oxygen atoms in total. The number of benzene rings is 1. The highest BCUT2D eigenvalue weighted by Crippen LogP contribution is 2.30. The van der Waals surface area contributed by atoms with Gasteiger partial charge in [-0.3, -0.25) is 4.31 Å². The van der Waals surface area contributed by atoms with Crippen molar-refractivity contribution >= 4 is 15.7 Å². The third kappa shape index (κ3) is 2.69. The minimum Gasteiger partial charge on any atom is -0.270 e. The third-order valence-corrected chi connectivity index (χ3v) is 5.26. The summed E-state index contributed by atoms with van der Waals surface area (Å²) in [5.41, 5.74) is 3.26. The molecule has 1 aliphatic rings. The van der Waals surface area contributed by atoms with E-state index in [2.05, 4.69) is 6.07 Å². The quantitative estimate of drug-likeness (QED) is 0.841. The Balaban J connectivity index is 2.33. The van der Waals surface area contributed by atoms with E-state index in [0.717, 1.165) is 31.4 Å². The second kappa shape index (κ2) is 5.31. The van der Waals surface area contributed by atoms with E-state index in [1.54, 1.807) is 4.31 Å². The highest BCUT2D eigenvalue weighted by molar-refractivity contribution is 7.92. The van der Waals surface area contributed by atoms with E-state index < -0.39 is 10.0 Å². The van der Waals surface area contributed by atoms with Gasteiger partial charge in [-0.2, -0.15) is 0 Å². The maximum Gasteiger partial charge on any atom is 0.235 e. The molecule has 0 unspecified atom stereocenters. The SMILES string of the molecule is CCCCS(=O)(=O)N1CCCc2cc(C)ccc21. The van der Waals surface area contributed by atoms with E-state index in [-0.39, 0.29) is 5.75 Å². The minimum atomic E-state index is -3.14. The van der Waals surface area contributed by atoms with Crippen molar-refractivity contribution in [2.45, 2.75) is 39.5 Å². The van der Waals surface area contributed by atoms with E-state index in [9.17, 15) is 8.42 Å². The molecule has 0 saturated carbocycles. The van der Waals surface area contributed by atoms with E-state index in [1.165, 1.54) is 11.1 Å². The van der Waals surface area contributed by atoms with Gasteiger partial charge in [-0.25, -0.2) is 8.42 Å². The van der Waals surface area contributed by atoms with Crippen LogP contribution in [-0.2, 0) is 16.4 Å². The zero-order chi connectivity index (χ0) is 13.2. The van der Waals surface area contributed by atoms with Gasteiger partial charge in [0, 0.05) is 6.54 Å². The summed E-state index contributed by atoms with van der Waals surface area (Å²) < 4.78 is 26.2. The van der Waals surface area contributed by atoms with Crippen molar-refractivity contribution in [3.63, 3.8) is 0 Å². The van der Waals surface area contributed by atoms with Gasteiger partial charge in [-0.15, -0.1) is 0 Å². The zero-order valence-electron chi connectivity index (χ0n) is 11.1. The number of aryl methyl sites for hydroxylation is 2. The van der Waals surface area contributed by atoms with Crippen molar-refractivity contribution in [3.8, 4) is 0 Å². The average molecular weight is 267 g/mol. The van der Waals surface area contributed by atoms with Crippen LogP contribution in [0.4, 0.5) is 5.69 Å². The molecule has 1 aromatic carbocycles. The molecular weight excluding hydrogens is 246 g/mol. The van der Waals surface area contributed by atoms with E-state index in [1.807, 2.05) is 26.0 Å². The Morgan fingerprint density at radius 3 is 2.83 bits per heavy atom. The highest BCUT2D eigenvalue weighted by atomic mass is 32.2. The van der Waals surface area contributed by atoms with Crippen LogP contribution >= 0.6 is 0 Å². The number of nitrogens with zero attached hydrogens (tertiary/aromatic N) is 1. The van der Waals surface area contributed by atoms with Crippen molar-refractivity contribution in [1.82, 2.24) is 0 Å². The van der Waals surface area contributed by atoms with Crippen molar-refractivity contribution in [1.29, 1.82) is 0 Å². The number of unbranched alkanes of at least 4 members (excludes halogenated alkanes) is 1. The van der Waals surface area contributed by atoms with Crippen LogP contribution in [0.2, 0.25) is 0 Å². The second-order valence-corrected chi connectivity index (χ2v) is 6.99. The standard InChI is InChI=1S/C14H21NO2S/c1-3-4-10-18(16,17)15-9-5-6-13-11-12(2)7-8-14(13)15/h7-8,11H,3-6,9-10H2,1-2H3. The first kappa shape index (κ1) is 13.4. The molecule has 0 fully saturated rings. The first-order valence-electron chi connectivity index (χ1n) is 6.64. The summed E-state index contributed by atoms with van der Waals surface area (Å²) in [5, 5.41) is 0. The third-order valence-electron chi connectivity index (χ3n) is 3.40. The molecule has 0 aliphatic carbocycles. The maximum atomic E-state index is 12.3. The van der Waals surface area contributed by atoms with Gasteiger partial charge in [-0.1, -0.05) is 31.0 Å². The van der Waals surface area contributed by atoms with Gasteiger partial charge in [0.05, 0.1) is 11.4 Å². The van der Waals surface area contributed by atoms with Crippen molar-refractivity contribution in [3.05, 3.63) is 29.3 Å². The van der Waals surface area contributed by atoms with Crippen LogP contribution in [0.1, 0.15) is 37.3 Å². The summed E-state index contributed by atoms with van der Waals surface area (Å²) in [4.78, 5) is 0. The minimum absolute atomic E-state index is 0.261. The lowest BCUT2D eigenvalue weighted by molar-refractivity contribution is 0.583. The number of hydrogen-bond donors (Lipinski definition) is 0. The smallest absolute Gasteiger partial charge is 0.235 e. The molecule has 0 aromatic heterocycles. The largest absolute Gasteiger partial charge is 0.270 e. The molecule has 2 rings (SSSR count). The predicted octanol–water partition coefficient (Wildman–Crippen LogP) is 2.88. The summed E-state index contributed by atoms with van der Waals surface area (Å²) in [6.45, 7) is 4.69. The van der Waals surface area contributed by atoms with Gasteiger partial charge < -0.3 is 0 Å². The van der Waals surface area contributed by atoms with Crippen LogP contribution in [0, 0.1) is 6.92 Å². The van der Waals surface area contributed by atoms with Crippen LogP contribution in [-0.4, -0.2) is 20.7 Å². The molecule has 0 N–H and O–H groups in total. The summed E-state index contributed by atoms with van der Waals surface area (Å²) in [7, 11) is -3.14. The molecular formula is C14H21NO2S. The zero-order valence-corrected chi connectivity index (χ0v) is 12.0. The van der Waals surface area contributed by atoms with Crippen LogP contribution in [0.25, 0.3) is 0 Å². The van der Waals surface area contributed by atoms with Crippen LogP contribution in [0.3, 0.4) is 0 Å². The van der Waals surface area contributed by atoms with Crippen molar-refractivity contribution < 1.29 is 8.42 Å². The van der Waals surface area contributed by atoms with Crippen molar-refractivity contribution in [2.75, 3.05) is 16.6 Å². The molecule has 0 saturated heterocycles. The Morgan fingerprint density at radius 2 is 2.11 bits per heavy atom. The van der Waals surface area contributed by atoms with E-state index in [4.69, 9.17) is 0 Å². The Labute approximate surface area is 110 Å². The molecule has 0 atom stereocenters. The molecule has 4 heteroatoms. The fourth-order valence-corrected chi connectivity index (χ4v) is 4.18. The van der Waals surface area contributed by atoms with Gasteiger partial charge in [0.2, 0.25) is 10.0 Å². The number of fused-ring (bicyclic) bond motifs is 1.